The molecule has 21 heavy (non-hydrogen) atoms. The van der Waals surface area contributed by atoms with E-state index in [2.05, 4.69) is 62.7 Å². The fraction of sp³-hybridized carbons (Fsp3) is 0.467. The number of thioether (sulfide) groups is 1. The van der Waals surface area contributed by atoms with Gasteiger partial charge in [-0.25, -0.2) is 0 Å². The van der Waals surface area contributed by atoms with E-state index < -0.39 is 0 Å². The molecule has 0 fully saturated rings. The third-order valence-corrected chi connectivity index (χ3v) is 4.76. The van der Waals surface area contributed by atoms with Crippen molar-refractivity contribution in [2.45, 2.75) is 30.7 Å². The van der Waals surface area contributed by atoms with Gasteiger partial charge in [0.05, 0.1) is 5.69 Å². The van der Waals surface area contributed by atoms with Crippen molar-refractivity contribution in [2.75, 3.05) is 12.3 Å². The maximum Gasteiger partial charge on any atom is 0.0842 e. The third kappa shape index (κ3) is 5.80. The second-order valence-corrected chi connectivity index (χ2v) is 7.01. The predicted molar refractivity (Wildman–Crippen MR) is 91.7 cm³/mol. The smallest absolute Gasteiger partial charge is 0.0842 e. The second kappa shape index (κ2) is 8.56. The first kappa shape index (κ1) is 16.5. The van der Waals surface area contributed by atoms with Crippen molar-refractivity contribution in [1.82, 2.24) is 20.3 Å². The van der Waals surface area contributed by atoms with Gasteiger partial charge in [-0.3, -0.25) is 4.68 Å². The first-order valence-electron chi connectivity index (χ1n) is 7.14. The zero-order valence-electron chi connectivity index (χ0n) is 12.4. The minimum absolute atomic E-state index is 0.412. The second-order valence-electron chi connectivity index (χ2n) is 5.00. The number of rotatable bonds is 8. The molecule has 1 atom stereocenters. The summed E-state index contributed by atoms with van der Waals surface area (Å²) >= 11 is 5.34. The average molecular weight is 369 g/mol. The van der Waals surface area contributed by atoms with E-state index in [1.54, 1.807) is 4.68 Å². The highest BCUT2D eigenvalue weighted by Gasteiger charge is 2.12. The highest BCUT2D eigenvalue weighted by atomic mass is 79.9. The molecule has 1 unspecified atom stereocenters. The summed E-state index contributed by atoms with van der Waals surface area (Å²) in [7, 11) is 1.90. The van der Waals surface area contributed by atoms with E-state index in [4.69, 9.17) is 0 Å². The van der Waals surface area contributed by atoms with E-state index in [-0.39, 0.29) is 0 Å². The predicted octanol–water partition coefficient (Wildman–Crippen LogP) is 3.28. The summed E-state index contributed by atoms with van der Waals surface area (Å²) in [5, 5.41) is 11.8. The van der Waals surface area contributed by atoms with Crippen molar-refractivity contribution in [3.05, 3.63) is 40.6 Å². The van der Waals surface area contributed by atoms with Crippen LogP contribution in [0.25, 0.3) is 0 Å². The minimum atomic E-state index is 0.412. The van der Waals surface area contributed by atoms with Gasteiger partial charge in [-0.2, -0.15) is 0 Å². The van der Waals surface area contributed by atoms with Gasteiger partial charge in [-0.15, -0.1) is 16.9 Å². The Labute approximate surface area is 138 Å². The van der Waals surface area contributed by atoms with Gasteiger partial charge in [-0.1, -0.05) is 28.1 Å². The van der Waals surface area contributed by atoms with Crippen molar-refractivity contribution >= 4 is 27.7 Å². The fourth-order valence-electron chi connectivity index (χ4n) is 2.01. The Kier molecular flexibility index (Phi) is 6.73. The van der Waals surface area contributed by atoms with Gasteiger partial charge in [0.25, 0.3) is 0 Å². The zero-order chi connectivity index (χ0) is 15.1. The van der Waals surface area contributed by atoms with E-state index in [1.165, 1.54) is 4.90 Å². The number of benzene rings is 1. The Bertz CT molecular complexity index is 541. The summed E-state index contributed by atoms with van der Waals surface area (Å²) in [6, 6.07) is 8.87. The molecule has 1 N–H and O–H groups in total. The lowest BCUT2D eigenvalue weighted by atomic mass is 10.2. The first-order chi connectivity index (χ1) is 10.2. The van der Waals surface area contributed by atoms with Crippen LogP contribution in [0.4, 0.5) is 0 Å². The molecule has 0 aliphatic heterocycles. The van der Waals surface area contributed by atoms with E-state index in [0.29, 0.717) is 6.04 Å². The SMILES string of the molecule is CCCNC(CSc1ccc(Br)cc1)Cc1cn(C)nn1. The van der Waals surface area contributed by atoms with Gasteiger partial charge in [0.15, 0.2) is 0 Å². The van der Waals surface area contributed by atoms with Gasteiger partial charge in [-0.05, 0) is 37.2 Å². The zero-order valence-corrected chi connectivity index (χ0v) is 14.8. The monoisotopic (exact) mass is 368 g/mol. The number of halogens is 1. The Hall–Kier alpha value is -0.850. The Morgan fingerprint density at radius 2 is 2.10 bits per heavy atom. The summed E-state index contributed by atoms with van der Waals surface area (Å²) in [6.45, 7) is 3.22. The molecular weight excluding hydrogens is 348 g/mol. The van der Waals surface area contributed by atoms with E-state index in [0.717, 1.165) is 35.3 Å². The van der Waals surface area contributed by atoms with Crippen LogP contribution in [0.15, 0.2) is 39.8 Å². The van der Waals surface area contributed by atoms with Crippen LogP contribution in [0.5, 0.6) is 0 Å². The van der Waals surface area contributed by atoms with Crippen LogP contribution in [0.2, 0.25) is 0 Å². The molecule has 6 heteroatoms. The van der Waals surface area contributed by atoms with Crippen LogP contribution in [0.1, 0.15) is 19.0 Å². The number of hydrogen-bond donors (Lipinski definition) is 1. The Balaban J connectivity index is 1.90. The van der Waals surface area contributed by atoms with E-state index in [1.807, 2.05) is 25.0 Å². The van der Waals surface area contributed by atoms with Gasteiger partial charge in [0, 0.05) is 40.8 Å². The van der Waals surface area contributed by atoms with Gasteiger partial charge in [0.2, 0.25) is 0 Å². The van der Waals surface area contributed by atoms with E-state index >= 15 is 0 Å². The molecule has 0 aliphatic carbocycles. The summed E-state index contributed by atoms with van der Waals surface area (Å²) in [6.07, 6.45) is 4.04. The molecule has 0 spiro atoms. The molecule has 0 bridgehead atoms. The number of aryl methyl sites for hydroxylation is 1. The van der Waals surface area contributed by atoms with Crippen LogP contribution in [0, 0.1) is 0 Å². The first-order valence-corrected chi connectivity index (χ1v) is 8.92. The van der Waals surface area contributed by atoms with Gasteiger partial charge < -0.3 is 5.32 Å². The van der Waals surface area contributed by atoms with Crippen LogP contribution < -0.4 is 5.32 Å². The summed E-state index contributed by atoms with van der Waals surface area (Å²) < 4.78 is 2.88. The largest absolute Gasteiger partial charge is 0.313 e. The molecular formula is C15H21BrN4S. The average Bonchev–Trinajstić information content (AvgIpc) is 2.89. The highest BCUT2D eigenvalue weighted by molar-refractivity contribution is 9.10. The maximum atomic E-state index is 4.19. The maximum absolute atomic E-state index is 4.19. The van der Waals surface area contributed by atoms with Crippen molar-refractivity contribution < 1.29 is 0 Å². The van der Waals surface area contributed by atoms with Crippen molar-refractivity contribution in [3.8, 4) is 0 Å². The van der Waals surface area contributed by atoms with Crippen LogP contribution >= 0.6 is 27.7 Å². The lowest BCUT2D eigenvalue weighted by Gasteiger charge is -2.17. The van der Waals surface area contributed by atoms with Crippen molar-refractivity contribution in [3.63, 3.8) is 0 Å². The molecule has 1 heterocycles. The lowest BCUT2D eigenvalue weighted by molar-refractivity contribution is 0.544. The lowest BCUT2D eigenvalue weighted by Crippen LogP contribution is -2.34. The van der Waals surface area contributed by atoms with E-state index in [9.17, 15) is 0 Å². The van der Waals surface area contributed by atoms with Crippen molar-refractivity contribution in [2.24, 2.45) is 7.05 Å². The van der Waals surface area contributed by atoms with Gasteiger partial charge in [0.1, 0.15) is 0 Å². The molecule has 2 aromatic rings. The summed E-state index contributed by atoms with van der Waals surface area (Å²) in [5.41, 5.74) is 1.04. The van der Waals surface area contributed by atoms with Crippen LogP contribution in [-0.2, 0) is 13.5 Å². The number of nitrogens with one attached hydrogen (secondary N) is 1. The molecule has 4 nitrogen and oxygen atoms in total. The van der Waals surface area contributed by atoms with Crippen LogP contribution in [0.3, 0.4) is 0 Å². The molecule has 114 valence electrons. The molecule has 1 aromatic heterocycles. The summed E-state index contributed by atoms with van der Waals surface area (Å²) in [5.74, 6) is 1.03. The standard InChI is InChI=1S/C15H21BrN4S/c1-3-8-17-14(9-13-10-20(2)19-18-13)11-21-15-6-4-12(16)5-7-15/h4-7,10,14,17H,3,8-9,11H2,1-2H3. The topological polar surface area (TPSA) is 42.7 Å². The summed E-state index contributed by atoms with van der Waals surface area (Å²) in [4.78, 5) is 1.29. The molecule has 0 saturated heterocycles. The minimum Gasteiger partial charge on any atom is -0.313 e. The molecule has 1 aromatic carbocycles. The number of nitrogens with zero attached hydrogens (tertiary/aromatic N) is 3. The fourth-order valence-corrected chi connectivity index (χ4v) is 3.23. The van der Waals surface area contributed by atoms with Crippen molar-refractivity contribution in [1.29, 1.82) is 0 Å². The normalized spacial score (nSPS) is 12.5. The quantitative estimate of drug-likeness (QED) is 0.726. The molecule has 0 aliphatic rings. The molecule has 0 radical (unpaired) electrons. The molecule has 0 amide bonds. The third-order valence-electron chi connectivity index (χ3n) is 3.05. The van der Waals surface area contributed by atoms with Gasteiger partial charge >= 0.3 is 0 Å². The Morgan fingerprint density at radius 3 is 2.71 bits per heavy atom. The highest BCUT2D eigenvalue weighted by Crippen LogP contribution is 2.22. The Morgan fingerprint density at radius 1 is 1.33 bits per heavy atom. The molecule has 2 rings (SSSR count). The molecule has 0 saturated carbocycles. The van der Waals surface area contributed by atoms with Crippen LogP contribution in [-0.4, -0.2) is 33.3 Å². The number of aromatic nitrogens is 3. The number of hydrogen-bond acceptors (Lipinski definition) is 4.